The molecular weight excluding hydrogens is 280 g/mol. The molecule has 1 rings (SSSR count). The second-order valence-corrected chi connectivity index (χ2v) is 6.87. The zero-order valence-electron chi connectivity index (χ0n) is 11.7. The zero-order valence-corrected chi connectivity index (χ0v) is 13.4. The molecule has 0 heterocycles. The van der Waals surface area contributed by atoms with E-state index in [1.807, 2.05) is 6.26 Å². The van der Waals surface area contributed by atoms with Crippen LogP contribution in [0.2, 0.25) is 0 Å². The number of carbonyl (C=O) groups is 1. The van der Waals surface area contributed by atoms with Gasteiger partial charge in [-0.05, 0) is 25.0 Å². The molecule has 4 nitrogen and oxygen atoms in total. The summed E-state index contributed by atoms with van der Waals surface area (Å²) in [4.78, 5) is 12.1. The van der Waals surface area contributed by atoms with E-state index in [2.05, 4.69) is 10.5 Å². The first-order chi connectivity index (χ1) is 9.24. The van der Waals surface area contributed by atoms with Gasteiger partial charge >= 0.3 is 0 Å². The summed E-state index contributed by atoms with van der Waals surface area (Å²) in [6, 6.07) is 0. The lowest BCUT2D eigenvalue weighted by Crippen LogP contribution is -2.38. The largest absolute Gasteiger partial charge is 0.410 e. The molecule has 1 aliphatic carbocycles. The van der Waals surface area contributed by atoms with Crippen LogP contribution in [0.4, 0.5) is 0 Å². The Morgan fingerprint density at radius 2 is 2.05 bits per heavy atom. The summed E-state index contributed by atoms with van der Waals surface area (Å²) in [7, 11) is 1.65. The Morgan fingerprint density at radius 1 is 1.37 bits per heavy atom. The lowest BCUT2D eigenvalue weighted by Gasteiger charge is -2.29. The number of hydrogen-bond donors (Lipinski definition) is 2. The molecule has 0 bridgehead atoms. The predicted molar refractivity (Wildman–Crippen MR) is 84.2 cm³/mol. The number of rotatable bonds is 6. The highest BCUT2D eigenvalue weighted by Gasteiger charge is 2.33. The quantitative estimate of drug-likeness (QED) is 0.260. The van der Waals surface area contributed by atoms with Crippen LogP contribution in [-0.4, -0.2) is 41.0 Å². The molecule has 0 aliphatic heterocycles. The monoisotopic (exact) mass is 304 g/mol. The molecule has 1 atom stereocenters. The second kappa shape index (κ2) is 9.53. The fraction of sp³-hybridized carbons (Fsp3) is 0.846. The minimum absolute atomic E-state index is 0.0173. The van der Waals surface area contributed by atoms with Crippen molar-refractivity contribution in [2.45, 2.75) is 32.1 Å². The molecule has 1 fully saturated rings. The number of thioether (sulfide) groups is 2. The van der Waals surface area contributed by atoms with Crippen LogP contribution in [0.3, 0.4) is 0 Å². The maximum atomic E-state index is 12.1. The highest BCUT2D eigenvalue weighted by molar-refractivity contribution is 8.14. The van der Waals surface area contributed by atoms with Crippen molar-refractivity contribution in [3.05, 3.63) is 0 Å². The van der Waals surface area contributed by atoms with Crippen molar-refractivity contribution in [2.75, 3.05) is 24.8 Å². The maximum Gasteiger partial charge on any atom is 0.229 e. The lowest BCUT2D eigenvalue weighted by molar-refractivity contribution is -0.124. The van der Waals surface area contributed by atoms with Crippen LogP contribution < -0.4 is 5.32 Å². The van der Waals surface area contributed by atoms with Crippen LogP contribution >= 0.6 is 23.5 Å². The third-order valence-electron chi connectivity index (χ3n) is 3.55. The zero-order chi connectivity index (χ0) is 14.1. The van der Waals surface area contributed by atoms with Crippen LogP contribution in [0.1, 0.15) is 32.1 Å². The van der Waals surface area contributed by atoms with Gasteiger partial charge in [-0.15, -0.1) is 11.8 Å². The Hall–Kier alpha value is -0.360. The first kappa shape index (κ1) is 16.7. The second-order valence-electron chi connectivity index (χ2n) is 4.77. The van der Waals surface area contributed by atoms with Gasteiger partial charge in [-0.2, -0.15) is 11.8 Å². The van der Waals surface area contributed by atoms with Crippen molar-refractivity contribution in [3.63, 3.8) is 0 Å². The fourth-order valence-electron chi connectivity index (χ4n) is 2.56. The van der Waals surface area contributed by atoms with E-state index >= 15 is 0 Å². The minimum atomic E-state index is -0.276. The number of oxime groups is 1. The van der Waals surface area contributed by atoms with E-state index in [0.29, 0.717) is 11.0 Å². The molecule has 0 radical (unpaired) electrons. The van der Waals surface area contributed by atoms with Crippen molar-refractivity contribution in [3.8, 4) is 0 Å². The Balaban J connectivity index is 2.72. The number of nitrogens with one attached hydrogen (secondary N) is 1. The van der Waals surface area contributed by atoms with Gasteiger partial charge in [0.25, 0.3) is 0 Å². The first-order valence-electron chi connectivity index (χ1n) is 6.79. The van der Waals surface area contributed by atoms with Crippen LogP contribution in [0, 0.1) is 11.8 Å². The molecule has 0 saturated heterocycles. The summed E-state index contributed by atoms with van der Waals surface area (Å²) in [5.41, 5.74) is 0. The van der Waals surface area contributed by atoms with E-state index in [-0.39, 0.29) is 11.8 Å². The average molecular weight is 304 g/mol. The first-order valence-corrected chi connectivity index (χ1v) is 9.17. The minimum Gasteiger partial charge on any atom is -0.410 e. The third-order valence-corrected chi connectivity index (χ3v) is 5.46. The Bertz CT molecular complexity index is 305. The van der Waals surface area contributed by atoms with E-state index < -0.39 is 0 Å². The number of carbonyl (C=O) groups excluding carboxylic acids is 1. The topological polar surface area (TPSA) is 61.7 Å². The highest BCUT2D eigenvalue weighted by atomic mass is 32.2. The van der Waals surface area contributed by atoms with E-state index in [1.165, 1.54) is 31.0 Å². The van der Waals surface area contributed by atoms with E-state index in [0.717, 1.165) is 24.3 Å². The van der Waals surface area contributed by atoms with Gasteiger partial charge in [0, 0.05) is 18.6 Å². The molecule has 1 unspecified atom stereocenters. The van der Waals surface area contributed by atoms with Crippen molar-refractivity contribution in [2.24, 2.45) is 17.0 Å². The Labute approximate surface area is 124 Å². The van der Waals surface area contributed by atoms with Crippen molar-refractivity contribution < 1.29 is 10.0 Å². The molecule has 1 saturated carbocycles. The molecule has 0 aromatic heterocycles. The molecule has 1 amide bonds. The molecule has 0 aromatic carbocycles. The van der Waals surface area contributed by atoms with E-state index in [4.69, 9.17) is 0 Å². The van der Waals surface area contributed by atoms with Gasteiger partial charge < -0.3 is 10.5 Å². The Kier molecular flexibility index (Phi) is 8.37. The summed E-state index contributed by atoms with van der Waals surface area (Å²) in [6.45, 7) is 0. The molecule has 19 heavy (non-hydrogen) atoms. The molecule has 0 aromatic rings. The van der Waals surface area contributed by atoms with Crippen LogP contribution in [0.25, 0.3) is 0 Å². The number of amides is 1. The summed E-state index contributed by atoms with van der Waals surface area (Å²) in [5, 5.41) is 16.0. The molecule has 2 N–H and O–H groups in total. The van der Waals surface area contributed by atoms with Crippen molar-refractivity contribution in [1.29, 1.82) is 0 Å². The van der Waals surface area contributed by atoms with E-state index in [9.17, 15) is 10.0 Å². The average Bonchev–Trinajstić information content (AvgIpc) is 2.47. The maximum absolute atomic E-state index is 12.1. The predicted octanol–water partition coefficient (Wildman–Crippen LogP) is 2.81. The summed E-state index contributed by atoms with van der Waals surface area (Å²) >= 11 is 3.27. The number of nitrogens with zero attached hydrogens (tertiary/aromatic N) is 1. The molecule has 1 aliphatic rings. The van der Waals surface area contributed by atoms with Gasteiger partial charge in [-0.25, -0.2) is 0 Å². The number of hydrogen-bond acceptors (Lipinski definition) is 5. The van der Waals surface area contributed by atoms with Crippen molar-refractivity contribution >= 4 is 34.5 Å². The van der Waals surface area contributed by atoms with Crippen molar-refractivity contribution in [1.82, 2.24) is 5.32 Å². The van der Waals surface area contributed by atoms with Crippen LogP contribution in [-0.2, 0) is 4.79 Å². The SMILES string of the molecule is CNC(=O)C(C(=NO)SCCSC)C1CCCCC1. The van der Waals surface area contributed by atoms with Gasteiger partial charge in [0.05, 0.1) is 5.92 Å². The van der Waals surface area contributed by atoms with Gasteiger partial charge in [-0.3, -0.25) is 4.79 Å². The molecular formula is C13H24N2O2S2. The van der Waals surface area contributed by atoms with Crippen LogP contribution in [0.15, 0.2) is 5.16 Å². The smallest absolute Gasteiger partial charge is 0.229 e. The van der Waals surface area contributed by atoms with Gasteiger partial charge in [0.2, 0.25) is 5.91 Å². The lowest BCUT2D eigenvalue weighted by atomic mass is 9.80. The summed E-state index contributed by atoms with van der Waals surface area (Å²) in [5.74, 6) is 1.90. The third kappa shape index (κ3) is 5.26. The molecule has 0 spiro atoms. The van der Waals surface area contributed by atoms with Gasteiger partial charge in [0.1, 0.15) is 5.04 Å². The molecule has 110 valence electrons. The fourth-order valence-corrected chi connectivity index (χ4v) is 4.31. The Morgan fingerprint density at radius 3 is 2.58 bits per heavy atom. The van der Waals surface area contributed by atoms with E-state index in [1.54, 1.807) is 18.8 Å². The standard InChI is InChI=1S/C13H24N2O2S2/c1-14-12(16)11(10-6-4-3-5-7-10)13(15-17)19-9-8-18-2/h10-11,17H,3-9H2,1-2H3,(H,14,16). The van der Waals surface area contributed by atoms with Crippen LogP contribution in [0.5, 0.6) is 0 Å². The summed E-state index contributed by atoms with van der Waals surface area (Å²) in [6.07, 6.45) is 7.76. The summed E-state index contributed by atoms with van der Waals surface area (Å²) < 4.78 is 0. The normalized spacial score (nSPS) is 19.2. The molecule has 6 heteroatoms. The van der Waals surface area contributed by atoms with Gasteiger partial charge in [0.15, 0.2) is 0 Å². The van der Waals surface area contributed by atoms with Gasteiger partial charge in [-0.1, -0.05) is 24.4 Å². The highest BCUT2D eigenvalue weighted by Crippen LogP contribution is 2.33.